The molecule has 1 heterocycles. The van der Waals surface area contributed by atoms with Crippen LogP contribution in [0.4, 0.5) is 0 Å². The Morgan fingerprint density at radius 3 is 2.46 bits per heavy atom. The summed E-state index contributed by atoms with van der Waals surface area (Å²) in [5.41, 5.74) is 0. The van der Waals surface area contributed by atoms with Crippen LogP contribution < -0.4 is 14.2 Å². The molecule has 1 aliphatic heterocycles. The lowest BCUT2D eigenvalue weighted by Gasteiger charge is -2.22. The Hall–Kier alpha value is -1.84. The standard InChI is InChI=1S/C17H27N3O5S/c1-14(21)20(9-4-8-19(2)3)10-7-18-26(22,23)15-5-6-16-17(13-15)25-12-11-24-16/h5-6,13,18H,4,7-12H2,1-3H3. The highest BCUT2D eigenvalue weighted by Crippen LogP contribution is 2.32. The number of sulfonamides is 1. The normalized spacial score (nSPS) is 13.7. The van der Waals surface area contributed by atoms with Crippen molar-refractivity contribution in [3.05, 3.63) is 18.2 Å². The topological polar surface area (TPSA) is 88.2 Å². The predicted octanol–water partition coefficient (Wildman–Crippen LogP) is 0.536. The molecule has 1 N–H and O–H groups in total. The minimum Gasteiger partial charge on any atom is -0.486 e. The molecule has 1 aromatic rings. The monoisotopic (exact) mass is 385 g/mol. The lowest BCUT2D eigenvalue weighted by molar-refractivity contribution is -0.128. The quantitative estimate of drug-likeness (QED) is 0.667. The van der Waals surface area contributed by atoms with Gasteiger partial charge in [0.2, 0.25) is 15.9 Å². The summed E-state index contributed by atoms with van der Waals surface area (Å²) < 4.78 is 38.3. The van der Waals surface area contributed by atoms with Gasteiger partial charge in [-0.3, -0.25) is 4.79 Å². The van der Waals surface area contributed by atoms with Crippen LogP contribution in [0.2, 0.25) is 0 Å². The van der Waals surface area contributed by atoms with Crippen molar-refractivity contribution in [2.75, 3.05) is 53.5 Å². The Labute approximate surface area is 155 Å². The summed E-state index contributed by atoms with van der Waals surface area (Å²) >= 11 is 0. The van der Waals surface area contributed by atoms with Crippen LogP contribution in [-0.2, 0) is 14.8 Å². The number of hydrogen-bond acceptors (Lipinski definition) is 6. The van der Waals surface area contributed by atoms with E-state index >= 15 is 0 Å². The lowest BCUT2D eigenvalue weighted by Crippen LogP contribution is -2.38. The highest BCUT2D eigenvalue weighted by molar-refractivity contribution is 7.89. The molecule has 0 unspecified atom stereocenters. The molecule has 0 bridgehead atoms. The Kier molecular flexibility index (Phi) is 7.24. The van der Waals surface area contributed by atoms with Gasteiger partial charge in [-0.1, -0.05) is 0 Å². The molecule has 9 heteroatoms. The van der Waals surface area contributed by atoms with Crippen LogP contribution in [-0.4, -0.2) is 77.6 Å². The van der Waals surface area contributed by atoms with E-state index < -0.39 is 10.0 Å². The molecule has 1 aromatic carbocycles. The molecule has 0 radical (unpaired) electrons. The number of nitrogens with zero attached hydrogens (tertiary/aromatic N) is 2. The summed E-state index contributed by atoms with van der Waals surface area (Å²) in [4.78, 5) is 15.5. The summed E-state index contributed by atoms with van der Waals surface area (Å²) in [5.74, 6) is 0.898. The Morgan fingerprint density at radius 1 is 1.12 bits per heavy atom. The molecule has 26 heavy (non-hydrogen) atoms. The van der Waals surface area contributed by atoms with Crippen LogP contribution in [0.1, 0.15) is 13.3 Å². The third kappa shape index (κ3) is 5.86. The Morgan fingerprint density at radius 2 is 1.81 bits per heavy atom. The molecule has 0 atom stereocenters. The van der Waals surface area contributed by atoms with Gasteiger partial charge in [0.25, 0.3) is 0 Å². The molecule has 1 amide bonds. The summed E-state index contributed by atoms with van der Waals surface area (Å²) in [5, 5.41) is 0. The molecule has 0 fully saturated rings. The second-order valence-electron chi connectivity index (χ2n) is 6.37. The van der Waals surface area contributed by atoms with Gasteiger partial charge < -0.3 is 19.3 Å². The zero-order chi connectivity index (χ0) is 19.2. The zero-order valence-corrected chi connectivity index (χ0v) is 16.3. The van der Waals surface area contributed by atoms with Crippen LogP contribution >= 0.6 is 0 Å². The first-order valence-electron chi connectivity index (χ1n) is 8.59. The van der Waals surface area contributed by atoms with Gasteiger partial charge in [-0.2, -0.15) is 0 Å². The van der Waals surface area contributed by atoms with Crippen LogP contribution in [0, 0.1) is 0 Å². The fourth-order valence-electron chi connectivity index (χ4n) is 2.59. The Bertz CT molecular complexity index is 721. The van der Waals surface area contributed by atoms with E-state index in [-0.39, 0.29) is 17.3 Å². The van der Waals surface area contributed by atoms with Crippen molar-refractivity contribution < 1.29 is 22.7 Å². The molecule has 0 spiro atoms. The van der Waals surface area contributed by atoms with E-state index in [9.17, 15) is 13.2 Å². The van der Waals surface area contributed by atoms with E-state index in [2.05, 4.69) is 4.72 Å². The summed E-state index contributed by atoms with van der Waals surface area (Å²) in [7, 11) is 0.263. The van der Waals surface area contributed by atoms with Crippen molar-refractivity contribution in [1.82, 2.24) is 14.5 Å². The van der Waals surface area contributed by atoms with Gasteiger partial charge in [0.1, 0.15) is 13.2 Å². The van der Waals surface area contributed by atoms with Gasteiger partial charge in [-0.15, -0.1) is 0 Å². The van der Waals surface area contributed by atoms with E-state index in [1.54, 1.807) is 11.0 Å². The predicted molar refractivity (Wildman–Crippen MR) is 98.0 cm³/mol. The molecule has 0 aliphatic carbocycles. The van der Waals surface area contributed by atoms with Crippen molar-refractivity contribution in [2.45, 2.75) is 18.2 Å². The highest BCUT2D eigenvalue weighted by Gasteiger charge is 2.19. The van der Waals surface area contributed by atoms with Crippen molar-refractivity contribution >= 4 is 15.9 Å². The SMILES string of the molecule is CC(=O)N(CCCN(C)C)CCNS(=O)(=O)c1ccc2c(c1)OCCO2. The first-order chi connectivity index (χ1) is 12.3. The zero-order valence-electron chi connectivity index (χ0n) is 15.5. The van der Waals surface area contributed by atoms with Crippen molar-refractivity contribution in [3.63, 3.8) is 0 Å². The fraction of sp³-hybridized carbons (Fsp3) is 0.588. The van der Waals surface area contributed by atoms with Crippen LogP contribution in [0.15, 0.2) is 23.1 Å². The van der Waals surface area contributed by atoms with Gasteiger partial charge in [0.05, 0.1) is 4.90 Å². The first kappa shape index (κ1) is 20.5. The van der Waals surface area contributed by atoms with Crippen LogP contribution in [0.3, 0.4) is 0 Å². The number of hydrogen-bond donors (Lipinski definition) is 1. The fourth-order valence-corrected chi connectivity index (χ4v) is 3.63. The smallest absolute Gasteiger partial charge is 0.240 e. The lowest BCUT2D eigenvalue weighted by atomic mass is 10.3. The minimum absolute atomic E-state index is 0.0673. The van der Waals surface area contributed by atoms with E-state index in [0.29, 0.717) is 37.8 Å². The number of fused-ring (bicyclic) bond motifs is 1. The number of amides is 1. The molecule has 2 rings (SSSR count). The molecule has 146 valence electrons. The average Bonchev–Trinajstić information content (AvgIpc) is 2.59. The second kappa shape index (κ2) is 9.20. The van der Waals surface area contributed by atoms with E-state index in [1.807, 2.05) is 19.0 Å². The summed E-state index contributed by atoms with van der Waals surface area (Å²) in [6, 6.07) is 4.53. The van der Waals surface area contributed by atoms with Gasteiger partial charge in [-0.05, 0) is 39.2 Å². The van der Waals surface area contributed by atoms with Crippen molar-refractivity contribution in [2.24, 2.45) is 0 Å². The number of nitrogens with one attached hydrogen (secondary N) is 1. The largest absolute Gasteiger partial charge is 0.486 e. The van der Waals surface area contributed by atoms with E-state index in [4.69, 9.17) is 9.47 Å². The highest BCUT2D eigenvalue weighted by atomic mass is 32.2. The summed E-state index contributed by atoms with van der Waals surface area (Å²) in [6.45, 7) is 4.28. The maximum absolute atomic E-state index is 12.5. The Balaban J connectivity index is 1.91. The molecule has 1 aliphatic rings. The first-order valence-corrected chi connectivity index (χ1v) is 10.1. The van der Waals surface area contributed by atoms with Gasteiger partial charge >= 0.3 is 0 Å². The number of benzene rings is 1. The number of ether oxygens (including phenoxy) is 2. The third-order valence-corrected chi connectivity index (χ3v) is 5.44. The maximum atomic E-state index is 12.5. The minimum atomic E-state index is -3.68. The average molecular weight is 385 g/mol. The number of carbonyl (C=O) groups is 1. The third-order valence-electron chi connectivity index (χ3n) is 3.98. The molecular formula is C17H27N3O5S. The number of carbonyl (C=O) groups excluding carboxylic acids is 1. The van der Waals surface area contributed by atoms with Crippen LogP contribution in [0.5, 0.6) is 11.5 Å². The van der Waals surface area contributed by atoms with E-state index in [0.717, 1.165) is 13.0 Å². The van der Waals surface area contributed by atoms with Crippen molar-refractivity contribution in [1.29, 1.82) is 0 Å². The number of rotatable bonds is 9. The van der Waals surface area contributed by atoms with Crippen LogP contribution in [0.25, 0.3) is 0 Å². The van der Waals surface area contributed by atoms with Gasteiger partial charge in [0, 0.05) is 32.6 Å². The summed E-state index contributed by atoms with van der Waals surface area (Å²) in [6.07, 6.45) is 0.835. The van der Waals surface area contributed by atoms with Gasteiger partial charge in [-0.25, -0.2) is 13.1 Å². The molecular weight excluding hydrogens is 358 g/mol. The van der Waals surface area contributed by atoms with Crippen molar-refractivity contribution in [3.8, 4) is 11.5 Å². The molecule has 0 saturated carbocycles. The van der Waals surface area contributed by atoms with Gasteiger partial charge in [0.15, 0.2) is 11.5 Å². The maximum Gasteiger partial charge on any atom is 0.240 e. The molecule has 0 aromatic heterocycles. The molecule has 8 nitrogen and oxygen atoms in total. The van der Waals surface area contributed by atoms with E-state index in [1.165, 1.54) is 19.1 Å². The molecule has 0 saturated heterocycles. The second-order valence-corrected chi connectivity index (χ2v) is 8.13.